The van der Waals surface area contributed by atoms with Gasteiger partial charge in [0, 0.05) is 6.04 Å². The van der Waals surface area contributed by atoms with E-state index >= 15 is 0 Å². The Hall–Kier alpha value is -1.58. The van der Waals surface area contributed by atoms with Gasteiger partial charge in [0.1, 0.15) is 5.75 Å². The maximum Gasteiger partial charge on any atom is 0.119 e. The van der Waals surface area contributed by atoms with Crippen LogP contribution in [0.3, 0.4) is 0 Å². The Labute approximate surface area is 133 Å². The lowest BCUT2D eigenvalue weighted by Gasteiger charge is -2.19. The number of nitrogens with one attached hydrogen (secondary N) is 1. The average Bonchev–Trinajstić information content (AvgIpc) is 2.50. The fourth-order valence-electron chi connectivity index (χ4n) is 2.80. The van der Waals surface area contributed by atoms with Gasteiger partial charge in [0.2, 0.25) is 0 Å². The van der Waals surface area contributed by atoms with Crippen LogP contribution in [0.15, 0.2) is 36.4 Å². The molecule has 0 amide bonds. The van der Waals surface area contributed by atoms with Crippen molar-refractivity contribution in [2.24, 2.45) is 5.92 Å². The maximum atomic E-state index is 9.43. The van der Waals surface area contributed by atoms with Gasteiger partial charge in [-0.15, -0.1) is 0 Å². The van der Waals surface area contributed by atoms with Crippen LogP contribution in [-0.2, 0) is 0 Å². The Morgan fingerprint density at radius 3 is 2.41 bits per heavy atom. The Morgan fingerprint density at radius 2 is 1.73 bits per heavy atom. The second-order valence-electron chi connectivity index (χ2n) is 6.29. The van der Waals surface area contributed by atoms with Gasteiger partial charge in [-0.3, -0.25) is 0 Å². The summed E-state index contributed by atoms with van der Waals surface area (Å²) in [5.41, 5.74) is 1.28. The molecule has 0 saturated heterocycles. The summed E-state index contributed by atoms with van der Waals surface area (Å²) in [6.07, 6.45) is 0.597. The number of ether oxygens (including phenoxy) is 1. The molecule has 2 aromatic rings. The summed E-state index contributed by atoms with van der Waals surface area (Å²) in [6.45, 7) is 7.10. The first kappa shape index (κ1) is 16.8. The molecule has 0 aliphatic heterocycles. The van der Waals surface area contributed by atoms with Crippen molar-refractivity contribution in [2.75, 3.05) is 13.7 Å². The predicted octanol–water partition coefficient (Wildman–Crippen LogP) is 3.91. The molecule has 0 radical (unpaired) electrons. The highest BCUT2D eigenvalue weighted by Gasteiger charge is 2.10. The molecule has 0 bridgehead atoms. The molecule has 22 heavy (non-hydrogen) atoms. The highest BCUT2D eigenvalue weighted by atomic mass is 16.5. The minimum atomic E-state index is -0.234. The van der Waals surface area contributed by atoms with E-state index in [1.807, 2.05) is 13.0 Å². The lowest BCUT2D eigenvalue weighted by atomic mass is 10.0. The fourth-order valence-corrected chi connectivity index (χ4v) is 2.80. The SMILES string of the molecule is COc1ccc2cc(C(C)NCC(C)CC(C)O)ccc2c1. The van der Waals surface area contributed by atoms with Crippen LogP contribution in [0, 0.1) is 5.92 Å². The predicted molar refractivity (Wildman–Crippen MR) is 92.4 cm³/mol. The van der Waals surface area contributed by atoms with E-state index in [1.54, 1.807) is 7.11 Å². The largest absolute Gasteiger partial charge is 0.497 e. The van der Waals surface area contributed by atoms with Gasteiger partial charge in [0.15, 0.2) is 0 Å². The third kappa shape index (κ3) is 4.46. The monoisotopic (exact) mass is 301 g/mol. The van der Waals surface area contributed by atoms with Crippen molar-refractivity contribution in [3.05, 3.63) is 42.0 Å². The van der Waals surface area contributed by atoms with E-state index in [2.05, 4.69) is 49.5 Å². The molecule has 0 aliphatic carbocycles. The molecule has 0 saturated carbocycles. The zero-order chi connectivity index (χ0) is 16.1. The van der Waals surface area contributed by atoms with Crippen LogP contribution in [-0.4, -0.2) is 24.9 Å². The number of hydrogen-bond acceptors (Lipinski definition) is 3. The van der Waals surface area contributed by atoms with Crippen molar-refractivity contribution < 1.29 is 9.84 Å². The zero-order valence-electron chi connectivity index (χ0n) is 14.0. The molecule has 3 nitrogen and oxygen atoms in total. The number of benzene rings is 2. The van der Waals surface area contributed by atoms with Gasteiger partial charge in [0.05, 0.1) is 13.2 Å². The quantitative estimate of drug-likeness (QED) is 0.815. The van der Waals surface area contributed by atoms with Crippen molar-refractivity contribution in [3.63, 3.8) is 0 Å². The van der Waals surface area contributed by atoms with Crippen LogP contribution < -0.4 is 10.1 Å². The lowest BCUT2D eigenvalue weighted by molar-refractivity contribution is 0.162. The minimum Gasteiger partial charge on any atom is -0.497 e. The van der Waals surface area contributed by atoms with Crippen molar-refractivity contribution in [1.82, 2.24) is 5.32 Å². The van der Waals surface area contributed by atoms with Gasteiger partial charge in [-0.2, -0.15) is 0 Å². The van der Waals surface area contributed by atoms with E-state index in [0.717, 1.165) is 18.7 Å². The van der Waals surface area contributed by atoms with E-state index in [1.165, 1.54) is 16.3 Å². The van der Waals surface area contributed by atoms with Gasteiger partial charge in [-0.1, -0.05) is 25.1 Å². The highest BCUT2D eigenvalue weighted by Crippen LogP contribution is 2.24. The van der Waals surface area contributed by atoms with Crippen LogP contribution in [0.25, 0.3) is 10.8 Å². The topological polar surface area (TPSA) is 41.5 Å². The van der Waals surface area contributed by atoms with Crippen molar-refractivity contribution in [1.29, 1.82) is 0 Å². The smallest absolute Gasteiger partial charge is 0.119 e. The zero-order valence-corrected chi connectivity index (χ0v) is 14.0. The Morgan fingerprint density at radius 1 is 1.05 bits per heavy atom. The molecule has 2 aromatic carbocycles. The normalized spacial score (nSPS) is 15.5. The Bertz CT molecular complexity index is 609. The molecule has 0 heterocycles. The molecule has 3 heteroatoms. The number of aliphatic hydroxyl groups is 1. The number of rotatable bonds is 7. The summed E-state index contributed by atoms with van der Waals surface area (Å²) in [6, 6.07) is 13.0. The molecular formula is C19H27NO2. The van der Waals surface area contributed by atoms with Crippen LogP contribution >= 0.6 is 0 Å². The van der Waals surface area contributed by atoms with Crippen LogP contribution in [0.2, 0.25) is 0 Å². The first-order valence-corrected chi connectivity index (χ1v) is 7.98. The van der Waals surface area contributed by atoms with Crippen LogP contribution in [0.4, 0.5) is 0 Å². The third-order valence-electron chi connectivity index (χ3n) is 4.09. The molecule has 2 rings (SSSR count). The molecule has 3 atom stereocenters. The van der Waals surface area contributed by atoms with Gasteiger partial charge < -0.3 is 15.2 Å². The van der Waals surface area contributed by atoms with Gasteiger partial charge in [-0.25, -0.2) is 0 Å². The van der Waals surface area contributed by atoms with Crippen LogP contribution in [0.1, 0.15) is 38.8 Å². The second-order valence-corrected chi connectivity index (χ2v) is 6.29. The summed E-state index contributed by atoms with van der Waals surface area (Å²) >= 11 is 0. The summed E-state index contributed by atoms with van der Waals surface area (Å²) < 4.78 is 5.26. The minimum absolute atomic E-state index is 0.234. The van der Waals surface area contributed by atoms with Crippen LogP contribution in [0.5, 0.6) is 5.75 Å². The van der Waals surface area contributed by atoms with E-state index < -0.39 is 0 Å². The molecule has 3 unspecified atom stereocenters. The van der Waals surface area contributed by atoms with Gasteiger partial charge in [-0.05, 0) is 67.3 Å². The molecule has 0 spiro atoms. The summed E-state index contributed by atoms with van der Waals surface area (Å²) in [5, 5.41) is 15.4. The molecule has 120 valence electrons. The van der Waals surface area contributed by atoms with Crippen molar-refractivity contribution in [2.45, 2.75) is 39.3 Å². The second kappa shape index (κ2) is 7.61. The molecule has 0 aromatic heterocycles. The third-order valence-corrected chi connectivity index (χ3v) is 4.09. The number of fused-ring (bicyclic) bond motifs is 1. The molecule has 0 fully saturated rings. The van der Waals surface area contributed by atoms with Gasteiger partial charge >= 0.3 is 0 Å². The van der Waals surface area contributed by atoms with Crippen molar-refractivity contribution >= 4 is 10.8 Å². The highest BCUT2D eigenvalue weighted by molar-refractivity contribution is 5.84. The number of methoxy groups -OCH3 is 1. The number of hydrogen-bond donors (Lipinski definition) is 2. The average molecular weight is 301 g/mol. The van der Waals surface area contributed by atoms with E-state index in [0.29, 0.717) is 12.0 Å². The number of aliphatic hydroxyl groups excluding tert-OH is 1. The first-order valence-electron chi connectivity index (χ1n) is 7.98. The summed E-state index contributed by atoms with van der Waals surface area (Å²) in [4.78, 5) is 0. The molecule has 0 aliphatic rings. The summed E-state index contributed by atoms with van der Waals surface area (Å²) in [5.74, 6) is 1.35. The van der Waals surface area contributed by atoms with Crippen molar-refractivity contribution in [3.8, 4) is 5.75 Å². The first-order chi connectivity index (χ1) is 10.5. The Kier molecular flexibility index (Phi) is 5.81. The Balaban J connectivity index is 2.03. The summed E-state index contributed by atoms with van der Waals surface area (Å²) in [7, 11) is 1.69. The van der Waals surface area contributed by atoms with E-state index in [9.17, 15) is 5.11 Å². The lowest BCUT2D eigenvalue weighted by Crippen LogP contribution is -2.26. The standard InChI is InChI=1S/C19H27NO2/c1-13(9-14(2)21)12-20-15(3)16-5-6-18-11-19(22-4)8-7-17(18)10-16/h5-8,10-11,13-15,20-21H,9,12H2,1-4H3. The molecular weight excluding hydrogens is 274 g/mol. The van der Waals surface area contributed by atoms with E-state index in [4.69, 9.17) is 4.74 Å². The fraction of sp³-hybridized carbons (Fsp3) is 0.474. The van der Waals surface area contributed by atoms with E-state index in [-0.39, 0.29) is 6.10 Å². The van der Waals surface area contributed by atoms with Gasteiger partial charge in [0.25, 0.3) is 0 Å². The maximum absolute atomic E-state index is 9.43. The molecule has 2 N–H and O–H groups in total.